The molecule has 1 aromatic carbocycles. The molecule has 0 aliphatic carbocycles. The van der Waals surface area contributed by atoms with Gasteiger partial charge in [-0.05, 0) is 32.9 Å². The van der Waals surface area contributed by atoms with Crippen LogP contribution in [0.5, 0.6) is 0 Å². The van der Waals surface area contributed by atoms with Crippen molar-refractivity contribution >= 4 is 6.09 Å². The van der Waals surface area contributed by atoms with Crippen LogP contribution in [-0.4, -0.2) is 49.8 Å². The molecular weight excluding hydrogens is 296 g/mol. The highest BCUT2D eigenvalue weighted by molar-refractivity contribution is 5.69. The number of hydrogen-bond acceptors (Lipinski definition) is 5. The fourth-order valence-corrected chi connectivity index (χ4v) is 2.51. The van der Waals surface area contributed by atoms with Gasteiger partial charge in [-0.1, -0.05) is 23.4 Å². The first-order valence-electron chi connectivity index (χ1n) is 7.45. The molecule has 1 saturated heterocycles. The number of carbonyl (C=O) groups is 1. The number of hydrogen-bond donors (Lipinski definition) is 1. The Labute approximate surface area is 134 Å². The van der Waals surface area contributed by atoms with Gasteiger partial charge in [0, 0.05) is 0 Å². The van der Waals surface area contributed by atoms with Gasteiger partial charge in [-0.25, -0.2) is 9.48 Å². The molecule has 0 saturated carbocycles. The summed E-state index contributed by atoms with van der Waals surface area (Å²) in [5, 5.41) is 18.7. The van der Waals surface area contributed by atoms with Gasteiger partial charge in [0.05, 0.1) is 30.7 Å². The molecule has 0 atom stereocenters. The van der Waals surface area contributed by atoms with Gasteiger partial charge in [-0.15, -0.1) is 5.10 Å². The lowest BCUT2D eigenvalue weighted by atomic mass is 9.91. The second-order valence-electron chi connectivity index (χ2n) is 6.73. The average molecular weight is 316 g/mol. The van der Waals surface area contributed by atoms with Crippen LogP contribution < -0.4 is 0 Å². The molecule has 2 aromatic rings. The maximum Gasteiger partial charge on any atom is 0.410 e. The Morgan fingerprint density at radius 2 is 1.91 bits per heavy atom. The number of aromatic nitrogens is 3. The summed E-state index contributed by atoms with van der Waals surface area (Å²) in [6.45, 7) is 5.74. The van der Waals surface area contributed by atoms with Crippen LogP contribution in [0.4, 0.5) is 4.79 Å². The summed E-state index contributed by atoms with van der Waals surface area (Å²) in [6.07, 6.45) is 1.10. The molecule has 1 aromatic heterocycles. The smallest absolute Gasteiger partial charge is 0.410 e. The van der Waals surface area contributed by atoms with E-state index in [9.17, 15) is 9.90 Å². The number of nitrogens with zero attached hydrogens (tertiary/aromatic N) is 4. The van der Waals surface area contributed by atoms with E-state index in [1.807, 2.05) is 51.1 Å². The summed E-state index contributed by atoms with van der Waals surface area (Å²) < 4.78 is 6.89. The lowest BCUT2D eigenvalue weighted by molar-refractivity contribution is -0.107. The van der Waals surface area contributed by atoms with Crippen molar-refractivity contribution in [3.63, 3.8) is 0 Å². The molecule has 7 nitrogen and oxygen atoms in total. The van der Waals surface area contributed by atoms with E-state index in [2.05, 4.69) is 10.3 Å². The predicted molar refractivity (Wildman–Crippen MR) is 83.1 cm³/mol. The monoisotopic (exact) mass is 316 g/mol. The second-order valence-corrected chi connectivity index (χ2v) is 6.73. The zero-order valence-corrected chi connectivity index (χ0v) is 13.4. The van der Waals surface area contributed by atoms with Crippen molar-refractivity contribution in [1.82, 2.24) is 19.9 Å². The van der Waals surface area contributed by atoms with Gasteiger partial charge in [0.25, 0.3) is 0 Å². The quantitative estimate of drug-likeness (QED) is 0.912. The fraction of sp³-hybridized carbons (Fsp3) is 0.438. The van der Waals surface area contributed by atoms with Crippen LogP contribution in [0.2, 0.25) is 0 Å². The number of benzene rings is 1. The third-order valence-electron chi connectivity index (χ3n) is 3.58. The summed E-state index contributed by atoms with van der Waals surface area (Å²) in [5.41, 5.74) is -0.360. The molecule has 1 aliphatic rings. The minimum Gasteiger partial charge on any atom is -0.444 e. The minimum atomic E-state index is -1.17. The van der Waals surface area contributed by atoms with Crippen LogP contribution in [0.3, 0.4) is 0 Å². The Kier molecular flexibility index (Phi) is 3.60. The van der Waals surface area contributed by atoms with E-state index in [0.29, 0.717) is 5.69 Å². The number of ether oxygens (including phenoxy) is 1. The van der Waals surface area contributed by atoms with Crippen molar-refractivity contribution in [3.8, 4) is 5.69 Å². The summed E-state index contributed by atoms with van der Waals surface area (Å²) in [6, 6.07) is 9.44. The predicted octanol–water partition coefficient (Wildman–Crippen LogP) is 1.71. The Morgan fingerprint density at radius 3 is 2.52 bits per heavy atom. The van der Waals surface area contributed by atoms with E-state index < -0.39 is 17.3 Å². The molecule has 2 heterocycles. The zero-order chi connectivity index (χ0) is 16.7. The van der Waals surface area contributed by atoms with Gasteiger partial charge in [0.1, 0.15) is 11.2 Å². The molecule has 122 valence electrons. The number of rotatable bonds is 2. The molecule has 1 N–H and O–H groups in total. The van der Waals surface area contributed by atoms with E-state index in [4.69, 9.17) is 4.74 Å². The molecule has 0 unspecified atom stereocenters. The highest BCUT2D eigenvalue weighted by Crippen LogP contribution is 2.33. The van der Waals surface area contributed by atoms with Gasteiger partial charge in [-0.2, -0.15) is 0 Å². The van der Waals surface area contributed by atoms with Crippen molar-refractivity contribution in [1.29, 1.82) is 0 Å². The fourth-order valence-electron chi connectivity index (χ4n) is 2.51. The maximum atomic E-state index is 12.0. The van der Waals surface area contributed by atoms with Crippen LogP contribution in [0, 0.1) is 0 Å². The first-order valence-corrected chi connectivity index (χ1v) is 7.45. The normalized spacial score (nSPS) is 16.8. The maximum absolute atomic E-state index is 12.0. The van der Waals surface area contributed by atoms with Crippen molar-refractivity contribution in [2.24, 2.45) is 0 Å². The van der Waals surface area contributed by atoms with Crippen LogP contribution in [0.1, 0.15) is 26.5 Å². The van der Waals surface area contributed by atoms with Gasteiger partial charge in [-0.3, -0.25) is 0 Å². The van der Waals surface area contributed by atoms with Crippen molar-refractivity contribution in [2.45, 2.75) is 32.0 Å². The van der Waals surface area contributed by atoms with E-state index in [1.165, 1.54) is 11.1 Å². The average Bonchev–Trinajstić information content (AvgIpc) is 2.92. The molecule has 23 heavy (non-hydrogen) atoms. The largest absolute Gasteiger partial charge is 0.444 e. The number of likely N-dealkylation sites (tertiary alicyclic amines) is 1. The molecule has 0 radical (unpaired) electrons. The minimum absolute atomic E-state index is 0.155. The number of amides is 1. The van der Waals surface area contributed by atoms with Crippen molar-refractivity contribution in [2.75, 3.05) is 13.1 Å². The molecule has 7 heteroatoms. The Morgan fingerprint density at radius 1 is 1.26 bits per heavy atom. The van der Waals surface area contributed by atoms with Gasteiger partial charge < -0.3 is 14.7 Å². The highest BCUT2D eigenvalue weighted by atomic mass is 16.6. The zero-order valence-electron chi connectivity index (χ0n) is 13.4. The topological polar surface area (TPSA) is 80.5 Å². The number of carbonyl (C=O) groups excluding carboxylic acids is 1. The summed E-state index contributed by atoms with van der Waals surface area (Å²) >= 11 is 0. The third kappa shape index (κ3) is 3.05. The molecule has 0 bridgehead atoms. The van der Waals surface area contributed by atoms with E-state index in [0.717, 1.165) is 5.69 Å². The number of para-hydroxylation sites is 1. The van der Waals surface area contributed by atoms with Crippen LogP contribution >= 0.6 is 0 Å². The Balaban J connectivity index is 1.75. The number of β-amino-alcohol motifs (C(OH)–C–C–N with tert-alkyl or cyclic N) is 1. The van der Waals surface area contributed by atoms with E-state index >= 15 is 0 Å². The van der Waals surface area contributed by atoms with Crippen LogP contribution in [0.15, 0.2) is 36.5 Å². The van der Waals surface area contributed by atoms with Crippen LogP contribution in [-0.2, 0) is 10.3 Å². The first kappa shape index (κ1) is 15.5. The lowest BCUT2D eigenvalue weighted by Crippen LogP contribution is -2.62. The molecule has 1 aliphatic heterocycles. The van der Waals surface area contributed by atoms with Gasteiger partial charge in [0.2, 0.25) is 0 Å². The summed E-state index contributed by atoms with van der Waals surface area (Å²) in [5.74, 6) is 0. The summed E-state index contributed by atoms with van der Waals surface area (Å²) in [4.78, 5) is 13.5. The molecular formula is C16H20N4O3. The standard InChI is InChI=1S/C16H20N4O3/c1-15(2,3)23-14(21)19-10-16(22,11-19)13-9-17-18-20(13)12-7-5-4-6-8-12/h4-9,22H,10-11H2,1-3H3. The van der Waals surface area contributed by atoms with Crippen LogP contribution in [0.25, 0.3) is 5.69 Å². The molecule has 1 amide bonds. The van der Waals surface area contributed by atoms with E-state index in [-0.39, 0.29) is 13.1 Å². The Bertz CT molecular complexity index is 700. The van der Waals surface area contributed by atoms with Crippen molar-refractivity contribution < 1.29 is 14.6 Å². The van der Waals surface area contributed by atoms with Gasteiger partial charge in [0.15, 0.2) is 0 Å². The second kappa shape index (κ2) is 5.34. The Hall–Kier alpha value is -2.41. The summed E-state index contributed by atoms with van der Waals surface area (Å²) in [7, 11) is 0. The SMILES string of the molecule is CC(C)(C)OC(=O)N1CC(O)(c2cnnn2-c2ccccc2)C1. The van der Waals surface area contributed by atoms with Crippen molar-refractivity contribution in [3.05, 3.63) is 42.2 Å². The van der Waals surface area contributed by atoms with Gasteiger partial charge >= 0.3 is 6.09 Å². The molecule has 0 spiro atoms. The van der Waals surface area contributed by atoms with E-state index in [1.54, 1.807) is 4.68 Å². The molecule has 3 rings (SSSR count). The lowest BCUT2D eigenvalue weighted by Gasteiger charge is -2.45. The first-order chi connectivity index (χ1) is 10.8. The molecule has 1 fully saturated rings. The number of aliphatic hydroxyl groups is 1. The third-order valence-corrected chi connectivity index (χ3v) is 3.58. The highest BCUT2D eigenvalue weighted by Gasteiger charge is 2.48.